The number of amides is 1. The van der Waals surface area contributed by atoms with E-state index < -0.39 is 0 Å². The SMILES string of the molecule is CC(C)c1ccc(-c2nc(CC(=O)NCc3ccccc3F)cs2)cc1. The number of carbonyl (C=O) groups excluding carboxylic acids is 1. The minimum absolute atomic E-state index is 0.166. The lowest BCUT2D eigenvalue weighted by molar-refractivity contribution is -0.120. The molecular formula is C21H21FN2OS. The third kappa shape index (κ3) is 4.55. The minimum atomic E-state index is -0.311. The van der Waals surface area contributed by atoms with Gasteiger partial charge in [0.2, 0.25) is 5.91 Å². The zero-order chi connectivity index (χ0) is 18.5. The van der Waals surface area contributed by atoms with Crippen LogP contribution in [-0.4, -0.2) is 10.9 Å². The second kappa shape index (κ2) is 8.23. The number of nitrogens with zero attached hydrogens (tertiary/aromatic N) is 1. The molecule has 0 radical (unpaired) electrons. The summed E-state index contributed by atoms with van der Waals surface area (Å²) in [6, 6.07) is 14.8. The summed E-state index contributed by atoms with van der Waals surface area (Å²) >= 11 is 1.52. The molecule has 1 heterocycles. The predicted molar refractivity (Wildman–Crippen MR) is 104 cm³/mol. The molecule has 1 aromatic heterocycles. The molecule has 134 valence electrons. The summed E-state index contributed by atoms with van der Waals surface area (Å²) in [5.74, 6) is 0.0166. The average Bonchev–Trinajstić information content (AvgIpc) is 3.09. The summed E-state index contributed by atoms with van der Waals surface area (Å²) in [5, 5.41) is 5.54. The van der Waals surface area contributed by atoms with E-state index in [1.807, 2.05) is 5.38 Å². The summed E-state index contributed by atoms with van der Waals surface area (Å²) in [4.78, 5) is 16.6. The van der Waals surface area contributed by atoms with Gasteiger partial charge in [-0.2, -0.15) is 0 Å². The normalized spacial score (nSPS) is 10.9. The Balaban J connectivity index is 1.59. The number of rotatable bonds is 6. The minimum Gasteiger partial charge on any atom is -0.352 e. The van der Waals surface area contributed by atoms with Gasteiger partial charge in [-0.15, -0.1) is 11.3 Å². The molecular weight excluding hydrogens is 347 g/mol. The summed E-state index contributed by atoms with van der Waals surface area (Å²) in [6.07, 6.45) is 0.190. The van der Waals surface area contributed by atoms with Crippen molar-refractivity contribution < 1.29 is 9.18 Å². The van der Waals surface area contributed by atoms with Crippen LogP contribution in [0.5, 0.6) is 0 Å². The van der Waals surface area contributed by atoms with Gasteiger partial charge in [-0.3, -0.25) is 4.79 Å². The quantitative estimate of drug-likeness (QED) is 0.670. The van der Waals surface area contributed by atoms with Crippen molar-refractivity contribution in [3.8, 4) is 10.6 Å². The van der Waals surface area contributed by atoms with Gasteiger partial charge >= 0.3 is 0 Å². The lowest BCUT2D eigenvalue weighted by Gasteiger charge is -2.06. The van der Waals surface area contributed by atoms with Crippen molar-refractivity contribution in [3.63, 3.8) is 0 Å². The summed E-state index contributed by atoms with van der Waals surface area (Å²) in [7, 11) is 0. The van der Waals surface area contributed by atoms with Crippen molar-refractivity contribution >= 4 is 17.2 Å². The highest BCUT2D eigenvalue weighted by Crippen LogP contribution is 2.26. The van der Waals surface area contributed by atoms with E-state index >= 15 is 0 Å². The lowest BCUT2D eigenvalue weighted by atomic mass is 10.0. The van der Waals surface area contributed by atoms with E-state index in [1.54, 1.807) is 18.2 Å². The molecule has 3 aromatic rings. The Hall–Kier alpha value is -2.53. The van der Waals surface area contributed by atoms with Gasteiger partial charge in [-0.25, -0.2) is 9.37 Å². The highest BCUT2D eigenvalue weighted by atomic mass is 32.1. The van der Waals surface area contributed by atoms with E-state index in [9.17, 15) is 9.18 Å². The van der Waals surface area contributed by atoms with Gasteiger partial charge in [0, 0.05) is 23.1 Å². The maximum absolute atomic E-state index is 13.6. The molecule has 1 N–H and O–H groups in total. The Labute approximate surface area is 156 Å². The third-order valence-electron chi connectivity index (χ3n) is 4.15. The lowest BCUT2D eigenvalue weighted by Crippen LogP contribution is -2.25. The van der Waals surface area contributed by atoms with Gasteiger partial charge in [0.05, 0.1) is 12.1 Å². The standard InChI is InChI=1S/C21H21FN2OS/c1-14(2)15-7-9-16(10-8-15)21-24-18(13-26-21)11-20(25)23-12-17-5-3-4-6-19(17)22/h3-10,13-14H,11-12H2,1-2H3,(H,23,25). The van der Waals surface area contributed by atoms with Crippen LogP contribution in [-0.2, 0) is 17.8 Å². The van der Waals surface area contributed by atoms with Crippen molar-refractivity contribution in [2.75, 3.05) is 0 Å². The van der Waals surface area contributed by atoms with E-state index in [2.05, 4.69) is 48.4 Å². The molecule has 0 aliphatic heterocycles. The molecule has 0 spiro atoms. The van der Waals surface area contributed by atoms with E-state index in [0.29, 0.717) is 11.5 Å². The van der Waals surface area contributed by atoms with Crippen LogP contribution < -0.4 is 5.32 Å². The fourth-order valence-corrected chi connectivity index (χ4v) is 3.42. The summed E-state index contributed by atoms with van der Waals surface area (Å²) in [5.41, 5.74) is 3.55. The second-order valence-electron chi connectivity index (χ2n) is 6.47. The van der Waals surface area contributed by atoms with Gasteiger partial charge < -0.3 is 5.32 Å². The van der Waals surface area contributed by atoms with E-state index in [0.717, 1.165) is 16.3 Å². The predicted octanol–water partition coefficient (Wildman–Crippen LogP) is 4.93. The van der Waals surface area contributed by atoms with Crippen molar-refractivity contribution in [2.45, 2.75) is 32.7 Å². The third-order valence-corrected chi connectivity index (χ3v) is 5.09. The van der Waals surface area contributed by atoms with Gasteiger partial charge in [-0.1, -0.05) is 56.3 Å². The maximum atomic E-state index is 13.6. The molecule has 0 fully saturated rings. The van der Waals surface area contributed by atoms with Crippen molar-refractivity contribution in [3.05, 3.63) is 76.5 Å². The fraction of sp³-hybridized carbons (Fsp3) is 0.238. The first-order valence-electron chi connectivity index (χ1n) is 8.58. The molecule has 0 aliphatic rings. The number of nitrogens with one attached hydrogen (secondary N) is 1. The molecule has 3 nitrogen and oxygen atoms in total. The number of halogens is 1. The van der Waals surface area contributed by atoms with Crippen LogP contribution in [0.25, 0.3) is 10.6 Å². The van der Waals surface area contributed by atoms with Crippen molar-refractivity contribution in [2.24, 2.45) is 0 Å². The van der Waals surface area contributed by atoms with Crippen molar-refractivity contribution in [1.29, 1.82) is 0 Å². The van der Waals surface area contributed by atoms with E-state index in [-0.39, 0.29) is 24.7 Å². The van der Waals surface area contributed by atoms with Crippen LogP contribution in [0.15, 0.2) is 53.9 Å². The Morgan fingerprint density at radius 1 is 1.15 bits per heavy atom. The number of hydrogen-bond donors (Lipinski definition) is 1. The number of thiazole rings is 1. The molecule has 0 aliphatic carbocycles. The molecule has 0 unspecified atom stereocenters. The molecule has 0 saturated heterocycles. The molecule has 0 atom stereocenters. The van der Waals surface area contributed by atoms with Crippen LogP contribution >= 0.6 is 11.3 Å². The van der Waals surface area contributed by atoms with Crippen LogP contribution in [0.1, 0.15) is 36.6 Å². The Kier molecular flexibility index (Phi) is 5.78. The molecule has 2 aromatic carbocycles. The summed E-state index contributed by atoms with van der Waals surface area (Å²) in [6.45, 7) is 4.51. The van der Waals surface area contributed by atoms with Gasteiger partial charge in [-0.05, 0) is 17.5 Å². The molecule has 0 bridgehead atoms. The first-order chi connectivity index (χ1) is 12.5. The highest BCUT2D eigenvalue weighted by molar-refractivity contribution is 7.13. The number of aromatic nitrogens is 1. The Bertz CT molecular complexity index is 887. The molecule has 1 amide bonds. The molecule has 5 heteroatoms. The average molecular weight is 368 g/mol. The van der Waals surface area contributed by atoms with Crippen LogP contribution in [0.2, 0.25) is 0 Å². The maximum Gasteiger partial charge on any atom is 0.226 e. The van der Waals surface area contributed by atoms with E-state index in [4.69, 9.17) is 0 Å². The van der Waals surface area contributed by atoms with Gasteiger partial charge in [0.25, 0.3) is 0 Å². The smallest absolute Gasteiger partial charge is 0.226 e. The monoisotopic (exact) mass is 368 g/mol. The largest absolute Gasteiger partial charge is 0.352 e. The first kappa shape index (κ1) is 18.3. The number of carbonyl (C=O) groups is 1. The molecule has 3 rings (SSSR count). The van der Waals surface area contributed by atoms with Gasteiger partial charge in [0.1, 0.15) is 10.8 Å². The zero-order valence-electron chi connectivity index (χ0n) is 14.8. The van der Waals surface area contributed by atoms with Crippen LogP contribution in [0, 0.1) is 5.82 Å². The molecule has 0 saturated carbocycles. The fourth-order valence-electron chi connectivity index (χ4n) is 2.59. The second-order valence-corrected chi connectivity index (χ2v) is 7.32. The van der Waals surface area contributed by atoms with Crippen molar-refractivity contribution in [1.82, 2.24) is 10.3 Å². The highest BCUT2D eigenvalue weighted by Gasteiger charge is 2.10. The van der Waals surface area contributed by atoms with E-state index in [1.165, 1.54) is 23.0 Å². The van der Waals surface area contributed by atoms with Crippen LogP contribution in [0.3, 0.4) is 0 Å². The summed E-state index contributed by atoms with van der Waals surface area (Å²) < 4.78 is 13.6. The van der Waals surface area contributed by atoms with Crippen LogP contribution in [0.4, 0.5) is 4.39 Å². The first-order valence-corrected chi connectivity index (χ1v) is 9.45. The van der Waals surface area contributed by atoms with Gasteiger partial charge in [0.15, 0.2) is 0 Å². The Morgan fingerprint density at radius 3 is 2.58 bits per heavy atom. The molecule has 26 heavy (non-hydrogen) atoms. The Morgan fingerprint density at radius 2 is 1.88 bits per heavy atom. The topological polar surface area (TPSA) is 42.0 Å². The number of hydrogen-bond acceptors (Lipinski definition) is 3. The number of benzene rings is 2. The zero-order valence-corrected chi connectivity index (χ0v) is 15.6.